The number of hydrogen-bond donors (Lipinski definition) is 0. The summed E-state index contributed by atoms with van der Waals surface area (Å²) in [4.78, 5) is 2.58. The third kappa shape index (κ3) is 1.24. The molecule has 0 aromatic heterocycles. The minimum Gasteiger partial charge on any atom is -0.359 e. The van der Waals surface area contributed by atoms with Gasteiger partial charge in [0.05, 0.1) is 5.60 Å². The first-order valence-electron chi connectivity index (χ1n) is 5.30. The lowest BCUT2D eigenvalue weighted by Gasteiger charge is -2.50. The summed E-state index contributed by atoms with van der Waals surface area (Å²) in [5.41, 5.74) is 0.682. The molecule has 0 aromatic rings. The summed E-state index contributed by atoms with van der Waals surface area (Å²) >= 11 is 1.99. The molecular formula is C10H17NOS. The van der Waals surface area contributed by atoms with Crippen molar-refractivity contribution in [3.8, 4) is 0 Å². The molecule has 0 aromatic carbocycles. The van der Waals surface area contributed by atoms with Gasteiger partial charge in [0.15, 0.2) is 0 Å². The summed E-state index contributed by atoms with van der Waals surface area (Å²) < 4.78 is 6.14. The van der Waals surface area contributed by atoms with Gasteiger partial charge in [0.25, 0.3) is 0 Å². The summed E-state index contributed by atoms with van der Waals surface area (Å²) in [6.07, 6.45) is 2.74. The van der Waals surface area contributed by atoms with Crippen LogP contribution in [0.1, 0.15) is 19.8 Å². The fourth-order valence-corrected chi connectivity index (χ4v) is 4.25. The van der Waals surface area contributed by atoms with Crippen molar-refractivity contribution in [1.82, 2.24) is 4.90 Å². The maximum absolute atomic E-state index is 6.14. The Kier molecular flexibility index (Phi) is 1.90. The van der Waals surface area contributed by atoms with E-state index in [1.807, 2.05) is 11.8 Å². The SMILES string of the molecule is CC1O[C@@]2(CS1)CN1CCC2CC1. The van der Waals surface area contributed by atoms with E-state index in [-0.39, 0.29) is 5.60 Å². The topological polar surface area (TPSA) is 12.5 Å². The lowest BCUT2D eigenvalue weighted by molar-refractivity contribution is -0.133. The van der Waals surface area contributed by atoms with E-state index in [4.69, 9.17) is 4.74 Å². The number of fused-ring (bicyclic) bond motifs is 2. The molecule has 74 valence electrons. The number of piperidine rings is 3. The maximum atomic E-state index is 6.14. The Morgan fingerprint density at radius 3 is 2.62 bits per heavy atom. The van der Waals surface area contributed by atoms with Crippen LogP contribution in [0.3, 0.4) is 0 Å². The van der Waals surface area contributed by atoms with Crippen LogP contribution in [-0.2, 0) is 4.74 Å². The monoisotopic (exact) mass is 199 g/mol. The molecule has 1 spiro atoms. The molecule has 0 amide bonds. The number of thioether (sulfide) groups is 1. The molecule has 0 aliphatic carbocycles. The Balaban J connectivity index is 1.83. The van der Waals surface area contributed by atoms with Crippen LogP contribution in [0.25, 0.3) is 0 Å². The summed E-state index contributed by atoms with van der Waals surface area (Å²) in [6, 6.07) is 0. The molecule has 0 N–H and O–H groups in total. The molecule has 0 saturated carbocycles. The third-order valence-electron chi connectivity index (χ3n) is 3.79. The number of ether oxygens (including phenoxy) is 1. The summed E-state index contributed by atoms with van der Waals surface area (Å²) in [6.45, 7) is 6.02. The zero-order chi connectivity index (χ0) is 8.89. The second-order valence-electron chi connectivity index (χ2n) is 4.61. The summed E-state index contributed by atoms with van der Waals surface area (Å²) in [5.74, 6) is 2.09. The summed E-state index contributed by atoms with van der Waals surface area (Å²) in [5, 5.41) is 0. The molecule has 2 bridgehead atoms. The van der Waals surface area contributed by atoms with Crippen molar-refractivity contribution in [2.24, 2.45) is 5.92 Å². The van der Waals surface area contributed by atoms with Gasteiger partial charge in [-0.3, -0.25) is 0 Å². The van der Waals surface area contributed by atoms with Gasteiger partial charge < -0.3 is 9.64 Å². The Morgan fingerprint density at radius 1 is 1.38 bits per heavy atom. The van der Waals surface area contributed by atoms with Gasteiger partial charge in [-0.25, -0.2) is 0 Å². The number of nitrogens with zero attached hydrogens (tertiary/aromatic N) is 1. The van der Waals surface area contributed by atoms with Crippen LogP contribution in [0.15, 0.2) is 0 Å². The Hall–Kier alpha value is 0.270. The first-order valence-corrected chi connectivity index (χ1v) is 6.35. The molecule has 1 unspecified atom stereocenters. The Labute approximate surface area is 84.0 Å². The normalized spacial score (nSPS) is 54.7. The fourth-order valence-electron chi connectivity index (χ4n) is 3.08. The third-order valence-corrected chi connectivity index (χ3v) is 5.01. The van der Waals surface area contributed by atoms with Crippen molar-refractivity contribution in [1.29, 1.82) is 0 Å². The van der Waals surface area contributed by atoms with E-state index < -0.39 is 0 Å². The zero-order valence-corrected chi connectivity index (χ0v) is 8.98. The minimum absolute atomic E-state index is 0.251. The summed E-state index contributed by atoms with van der Waals surface area (Å²) in [7, 11) is 0. The molecular weight excluding hydrogens is 182 g/mol. The van der Waals surface area contributed by atoms with E-state index in [0.717, 1.165) is 5.92 Å². The average molecular weight is 199 g/mol. The van der Waals surface area contributed by atoms with Gasteiger partial charge in [-0.05, 0) is 38.8 Å². The highest BCUT2D eigenvalue weighted by Gasteiger charge is 2.51. The van der Waals surface area contributed by atoms with Crippen molar-refractivity contribution < 1.29 is 4.74 Å². The molecule has 4 fully saturated rings. The van der Waals surface area contributed by atoms with Gasteiger partial charge in [-0.1, -0.05) is 0 Å². The molecule has 4 rings (SSSR count). The van der Waals surface area contributed by atoms with Crippen LogP contribution in [0.5, 0.6) is 0 Å². The highest BCUT2D eigenvalue weighted by Crippen LogP contribution is 2.46. The van der Waals surface area contributed by atoms with Crippen molar-refractivity contribution in [3.05, 3.63) is 0 Å². The van der Waals surface area contributed by atoms with E-state index in [0.29, 0.717) is 5.44 Å². The van der Waals surface area contributed by atoms with Crippen LogP contribution in [0.2, 0.25) is 0 Å². The van der Waals surface area contributed by atoms with Crippen LogP contribution >= 0.6 is 11.8 Å². The zero-order valence-electron chi connectivity index (χ0n) is 8.16. The van der Waals surface area contributed by atoms with E-state index in [1.54, 1.807) is 0 Å². The number of hydrogen-bond acceptors (Lipinski definition) is 3. The molecule has 0 radical (unpaired) electrons. The van der Waals surface area contributed by atoms with Gasteiger partial charge in [0.1, 0.15) is 5.44 Å². The predicted octanol–water partition coefficient (Wildman–Crippen LogP) is 1.56. The standard InChI is InChI=1S/C10H17NOS/c1-8-12-10(7-13-8)6-11-4-2-9(10)3-5-11/h8-9H,2-7H2,1H3/t8?,10-/m1/s1. The molecule has 4 aliphatic heterocycles. The number of rotatable bonds is 0. The van der Waals surface area contributed by atoms with Crippen molar-refractivity contribution in [2.75, 3.05) is 25.4 Å². The smallest absolute Gasteiger partial charge is 0.101 e. The van der Waals surface area contributed by atoms with E-state index in [1.165, 1.54) is 38.2 Å². The molecule has 2 nitrogen and oxygen atoms in total. The quantitative estimate of drug-likeness (QED) is 0.587. The van der Waals surface area contributed by atoms with Gasteiger partial charge in [-0.2, -0.15) is 0 Å². The van der Waals surface area contributed by atoms with Crippen molar-refractivity contribution in [2.45, 2.75) is 30.8 Å². The van der Waals surface area contributed by atoms with E-state index in [9.17, 15) is 0 Å². The molecule has 13 heavy (non-hydrogen) atoms. The molecule has 2 atom stereocenters. The van der Waals surface area contributed by atoms with Crippen LogP contribution in [0, 0.1) is 5.92 Å². The van der Waals surface area contributed by atoms with Gasteiger partial charge >= 0.3 is 0 Å². The second kappa shape index (κ2) is 2.88. The second-order valence-corrected chi connectivity index (χ2v) is 5.90. The Bertz CT molecular complexity index is 215. The fraction of sp³-hybridized carbons (Fsp3) is 1.00. The van der Waals surface area contributed by atoms with Gasteiger partial charge in [0.2, 0.25) is 0 Å². The minimum atomic E-state index is 0.251. The van der Waals surface area contributed by atoms with Crippen LogP contribution < -0.4 is 0 Å². The van der Waals surface area contributed by atoms with E-state index in [2.05, 4.69) is 11.8 Å². The average Bonchev–Trinajstić information content (AvgIpc) is 2.49. The van der Waals surface area contributed by atoms with Crippen LogP contribution in [-0.4, -0.2) is 41.3 Å². The largest absolute Gasteiger partial charge is 0.359 e. The van der Waals surface area contributed by atoms with Crippen molar-refractivity contribution >= 4 is 11.8 Å². The molecule has 3 heteroatoms. The lowest BCUT2D eigenvalue weighted by Crippen LogP contribution is -2.60. The molecule has 4 aliphatic rings. The Morgan fingerprint density at radius 2 is 2.15 bits per heavy atom. The van der Waals surface area contributed by atoms with Crippen molar-refractivity contribution in [3.63, 3.8) is 0 Å². The van der Waals surface area contributed by atoms with Gasteiger partial charge in [0, 0.05) is 12.3 Å². The lowest BCUT2D eigenvalue weighted by atomic mass is 9.76. The maximum Gasteiger partial charge on any atom is 0.101 e. The highest BCUT2D eigenvalue weighted by molar-refractivity contribution is 8.00. The van der Waals surface area contributed by atoms with Crippen LogP contribution in [0.4, 0.5) is 0 Å². The van der Waals surface area contributed by atoms with E-state index >= 15 is 0 Å². The first-order chi connectivity index (χ1) is 6.28. The first kappa shape index (κ1) is 8.57. The molecule has 4 heterocycles. The van der Waals surface area contributed by atoms with Gasteiger partial charge in [-0.15, -0.1) is 11.8 Å². The molecule has 4 saturated heterocycles. The predicted molar refractivity (Wildman–Crippen MR) is 54.9 cm³/mol. The highest BCUT2D eigenvalue weighted by atomic mass is 32.2.